The summed E-state index contributed by atoms with van der Waals surface area (Å²) in [5.74, 6) is 1.45. The van der Waals surface area contributed by atoms with Gasteiger partial charge in [0, 0.05) is 57.6 Å². The van der Waals surface area contributed by atoms with Crippen molar-refractivity contribution in [3.63, 3.8) is 0 Å². The van der Waals surface area contributed by atoms with Crippen LogP contribution in [0.5, 0.6) is 5.75 Å². The quantitative estimate of drug-likeness (QED) is 0.396. The summed E-state index contributed by atoms with van der Waals surface area (Å²) in [4.78, 5) is 46.5. The highest BCUT2D eigenvalue weighted by Gasteiger charge is 2.47. The van der Waals surface area contributed by atoms with Gasteiger partial charge in [-0.2, -0.15) is 0 Å². The molecular formula is C32H47N5O4. The van der Waals surface area contributed by atoms with E-state index in [0.717, 1.165) is 36.3 Å². The molecule has 1 aliphatic heterocycles. The van der Waals surface area contributed by atoms with Crippen LogP contribution < -0.4 is 15.4 Å². The van der Waals surface area contributed by atoms with Crippen LogP contribution in [0.15, 0.2) is 36.8 Å². The minimum atomic E-state index is -0.716. The predicted molar refractivity (Wildman–Crippen MR) is 159 cm³/mol. The fraction of sp³-hybridized carbons (Fsp3) is 0.625. The number of aromatic nitrogens is 2. The molecule has 2 fully saturated rings. The molecule has 3 amide bonds. The van der Waals surface area contributed by atoms with Crippen molar-refractivity contribution in [2.45, 2.75) is 83.6 Å². The lowest BCUT2D eigenvalue weighted by Crippen LogP contribution is -2.56. The van der Waals surface area contributed by atoms with Crippen molar-refractivity contribution in [2.24, 2.45) is 18.4 Å². The molecule has 2 N–H and O–H groups in total. The van der Waals surface area contributed by atoms with Crippen molar-refractivity contribution in [1.82, 2.24) is 25.1 Å². The second-order valence-electron chi connectivity index (χ2n) is 11.8. The van der Waals surface area contributed by atoms with E-state index in [4.69, 9.17) is 4.74 Å². The van der Waals surface area contributed by atoms with Crippen LogP contribution in [0.25, 0.3) is 0 Å². The summed E-state index contributed by atoms with van der Waals surface area (Å²) in [5.41, 5.74) is 1.52. The Morgan fingerprint density at radius 3 is 2.41 bits per heavy atom. The molecule has 224 valence electrons. The van der Waals surface area contributed by atoms with Crippen LogP contribution >= 0.6 is 0 Å². The van der Waals surface area contributed by atoms with E-state index in [-0.39, 0.29) is 17.4 Å². The van der Waals surface area contributed by atoms with Crippen LogP contribution in [0.4, 0.5) is 4.79 Å². The molecule has 0 bridgehead atoms. The first kappa shape index (κ1) is 30.6. The minimum Gasteiger partial charge on any atom is -0.497 e. The van der Waals surface area contributed by atoms with Crippen molar-refractivity contribution in [3.8, 4) is 5.75 Å². The third-order valence-electron chi connectivity index (χ3n) is 9.01. The number of benzene rings is 1. The van der Waals surface area contributed by atoms with Crippen molar-refractivity contribution >= 4 is 17.7 Å². The van der Waals surface area contributed by atoms with Gasteiger partial charge in [-0.05, 0) is 55.7 Å². The van der Waals surface area contributed by atoms with Crippen molar-refractivity contribution < 1.29 is 19.1 Å². The lowest BCUT2D eigenvalue weighted by atomic mass is 9.61. The predicted octanol–water partition coefficient (Wildman–Crippen LogP) is 4.44. The van der Waals surface area contributed by atoms with Gasteiger partial charge in [-0.15, -0.1) is 0 Å². The van der Waals surface area contributed by atoms with E-state index in [2.05, 4.69) is 22.5 Å². The maximum absolute atomic E-state index is 13.9. The van der Waals surface area contributed by atoms with Gasteiger partial charge in [0.25, 0.3) is 0 Å². The number of methoxy groups -OCH3 is 1. The molecule has 1 saturated heterocycles. The smallest absolute Gasteiger partial charge is 0.315 e. The number of piperidine rings is 1. The molecule has 0 unspecified atom stereocenters. The average Bonchev–Trinajstić information content (AvgIpc) is 3.42. The standard InChI is InChI=1S/C32H47N5O4/c1-4-8-29(38)32(25-9-6-5-7-10-25)16-19-37(20-17-32)30(39)28(21-24-11-13-27(41-3)14-12-24)35-31(40)33-18-15-26-22-36(2)23-34-26/h11-14,22-23,25,28H,4-10,15-21H2,1-3H3,(H2,33,35,40)/t28-/m1/s1. The molecule has 2 heterocycles. The van der Waals surface area contributed by atoms with Crippen LogP contribution in [0.2, 0.25) is 0 Å². The molecule has 0 radical (unpaired) electrons. The van der Waals surface area contributed by atoms with Gasteiger partial charge in [-0.25, -0.2) is 9.78 Å². The van der Waals surface area contributed by atoms with E-state index in [9.17, 15) is 14.4 Å². The second-order valence-corrected chi connectivity index (χ2v) is 11.8. The van der Waals surface area contributed by atoms with Gasteiger partial charge >= 0.3 is 6.03 Å². The zero-order valence-corrected chi connectivity index (χ0v) is 25.0. The number of likely N-dealkylation sites (tertiary alicyclic amines) is 1. The normalized spacial score (nSPS) is 18.0. The van der Waals surface area contributed by atoms with E-state index in [1.807, 2.05) is 47.0 Å². The third-order valence-corrected chi connectivity index (χ3v) is 9.01. The highest BCUT2D eigenvalue weighted by molar-refractivity contribution is 5.88. The summed E-state index contributed by atoms with van der Waals surface area (Å²) in [6.07, 6.45) is 13.4. The van der Waals surface area contributed by atoms with E-state index < -0.39 is 6.04 Å². The summed E-state index contributed by atoms with van der Waals surface area (Å²) in [5, 5.41) is 5.83. The molecule has 9 heteroatoms. The van der Waals surface area contributed by atoms with Gasteiger partial charge < -0.3 is 24.8 Å². The zero-order chi connectivity index (χ0) is 29.2. The maximum Gasteiger partial charge on any atom is 0.315 e. The molecule has 0 spiro atoms. The second kappa shape index (κ2) is 14.5. The average molecular weight is 566 g/mol. The summed E-state index contributed by atoms with van der Waals surface area (Å²) in [6.45, 7) is 3.58. The number of carbonyl (C=O) groups excluding carboxylic acids is 3. The highest BCUT2D eigenvalue weighted by Crippen LogP contribution is 2.47. The fourth-order valence-electron chi connectivity index (χ4n) is 6.70. The number of imidazole rings is 1. The van der Waals surface area contributed by atoms with E-state index in [0.29, 0.717) is 63.4 Å². The number of urea groups is 1. The first-order valence-electron chi connectivity index (χ1n) is 15.3. The monoisotopic (exact) mass is 565 g/mol. The van der Waals surface area contributed by atoms with Gasteiger partial charge in [-0.3, -0.25) is 9.59 Å². The number of aryl methyl sites for hydroxylation is 1. The van der Waals surface area contributed by atoms with E-state index in [1.165, 1.54) is 19.3 Å². The maximum atomic E-state index is 13.9. The molecule has 1 aromatic carbocycles. The molecule has 2 aliphatic rings. The Morgan fingerprint density at radius 2 is 1.80 bits per heavy atom. The number of ether oxygens (including phenoxy) is 1. The molecule has 1 saturated carbocycles. The van der Waals surface area contributed by atoms with Crippen LogP contribution in [-0.2, 0) is 29.5 Å². The number of nitrogens with zero attached hydrogens (tertiary/aromatic N) is 3. The molecule has 1 aliphatic carbocycles. The first-order valence-corrected chi connectivity index (χ1v) is 15.3. The van der Waals surface area contributed by atoms with Gasteiger partial charge in [0.1, 0.15) is 17.6 Å². The molecule has 1 atom stereocenters. The molecule has 4 rings (SSSR count). The highest BCUT2D eigenvalue weighted by atomic mass is 16.5. The van der Waals surface area contributed by atoms with Gasteiger partial charge in [0.15, 0.2) is 0 Å². The summed E-state index contributed by atoms with van der Waals surface area (Å²) >= 11 is 0. The summed E-state index contributed by atoms with van der Waals surface area (Å²) < 4.78 is 7.15. The van der Waals surface area contributed by atoms with E-state index >= 15 is 0 Å². The molecule has 41 heavy (non-hydrogen) atoms. The van der Waals surface area contributed by atoms with E-state index in [1.54, 1.807) is 13.4 Å². The minimum absolute atomic E-state index is 0.0964. The number of ketones is 1. The Bertz CT molecular complexity index is 1150. The molecule has 1 aromatic heterocycles. The number of amides is 3. The van der Waals surface area contributed by atoms with Crippen LogP contribution in [0.3, 0.4) is 0 Å². The van der Waals surface area contributed by atoms with Gasteiger partial charge in [-0.1, -0.05) is 38.3 Å². The number of hydrogen-bond donors (Lipinski definition) is 2. The van der Waals surface area contributed by atoms with Crippen molar-refractivity contribution in [1.29, 1.82) is 0 Å². The lowest BCUT2D eigenvalue weighted by Gasteiger charge is -2.47. The SMILES string of the molecule is CCCC(=O)C1(C2CCCCC2)CCN(C(=O)[C@@H](Cc2ccc(OC)cc2)NC(=O)NCCc2cn(C)cn2)CC1. The van der Waals surface area contributed by atoms with Gasteiger partial charge in [0.2, 0.25) is 5.91 Å². The third kappa shape index (κ3) is 7.89. The van der Waals surface area contributed by atoms with Gasteiger partial charge in [0.05, 0.1) is 19.1 Å². The summed E-state index contributed by atoms with van der Waals surface area (Å²) in [7, 11) is 3.53. The lowest BCUT2D eigenvalue weighted by molar-refractivity contribution is -0.144. The number of hydrogen-bond acceptors (Lipinski definition) is 5. The molecule has 2 aromatic rings. The molecular weight excluding hydrogens is 518 g/mol. The van der Waals surface area contributed by atoms with Crippen molar-refractivity contribution in [3.05, 3.63) is 48.0 Å². The molecule has 9 nitrogen and oxygen atoms in total. The topological polar surface area (TPSA) is 106 Å². The Morgan fingerprint density at radius 1 is 1.10 bits per heavy atom. The Hall–Kier alpha value is -3.36. The number of rotatable bonds is 12. The Labute approximate surface area is 244 Å². The summed E-state index contributed by atoms with van der Waals surface area (Å²) in [6, 6.07) is 6.48. The number of carbonyl (C=O) groups is 3. The largest absolute Gasteiger partial charge is 0.497 e. The van der Waals surface area contributed by atoms with Crippen LogP contribution in [-0.4, -0.2) is 65.0 Å². The zero-order valence-electron chi connectivity index (χ0n) is 25.0. The fourth-order valence-corrected chi connectivity index (χ4v) is 6.70. The van der Waals surface area contributed by atoms with Crippen molar-refractivity contribution in [2.75, 3.05) is 26.7 Å². The van der Waals surface area contributed by atoms with Crippen LogP contribution in [0, 0.1) is 11.3 Å². The Kier molecular flexibility index (Phi) is 10.8. The van der Waals surface area contributed by atoms with Crippen LogP contribution in [0.1, 0.15) is 76.0 Å². The Balaban J connectivity index is 1.43. The number of nitrogens with one attached hydrogen (secondary N) is 2. The first-order chi connectivity index (χ1) is 19.8. The number of Topliss-reactive ketones (excluding diaryl/α,β-unsaturated/α-hetero) is 1.